The van der Waals surface area contributed by atoms with Gasteiger partial charge in [-0.2, -0.15) is 13.2 Å². The van der Waals surface area contributed by atoms with Crippen molar-refractivity contribution in [3.8, 4) is 5.75 Å². The highest BCUT2D eigenvalue weighted by Crippen LogP contribution is 2.38. The summed E-state index contributed by atoms with van der Waals surface area (Å²) < 4.78 is 43.6. The molecule has 1 aromatic rings. The van der Waals surface area contributed by atoms with Crippen molar-refractivity contribution in [3.63, 3.8) is 0 Å². The first-order valence-corrected chi connectivity index (χ1v) is 7.55. The molecule has 118 valence electrons. The minimum absolute atomic E-state index is 0.0926. The highest BCUT2D eigenvalue weighted by atomic mass is 19.4. The van der Waals surface area contributed by atoms with Crippen molar-refractivity contribution in [2.75, 3.05) is 11.9 Å². The number of halogens is 3. The van der Waals surface area contributed by atoms with E-state index in [2.05, 4.69) is 5.32 Å². The fourth-order valence-electron chi connectivity index (χ4n) is 2.71. The molecule has 0 spiro atoms. The fourth-order valence-corrected chi connectivity index (χ4v) is 2.71. The minimum atomic E-state index is -4.05. The van der Waals surface area contributed by atoms with Gasteiger partial charge in [-0.15, -0.1) is 0 Å². The summed E-state index contributed by atoms with van der Waals surface area (Å²) in [5.74, 6) is -0.362. The molecule has 0 aliphatic heterocycles. The zero-order valence-electron chi connectivity index (χ0n) is 12.2. The highest BCUT2D eigenvalue weighted by Gasteiger charge is 2.41. The van der Waals surface area contributed by atoms with Gasteiger partial charge in [-0.1, -0.05) is 19.1 Å². The van der Waals surface area contributed by atoms with Gasteiger partial charge in [-0.3, -0.25) is 0 Å². The van der Waals surface area contributed by atoms with Crippen molar-refractivity contribution < 1.29 is 17.9 Å². The maximum atomic E-state index is 12.7. The number of rotatable bonds is 5. The molecule has 2 rings (SSSR count). The third kappa shape index (κ3) is 4.55. The van der Waals surface area contributed by atoms with Crippen LogP contribution in [0, 0.1) is 5.92 Å². The lowest BCUT2D eigenvalue weighted by Crippen LogP contribution is -2.32. The average molecular weight is 301 g/mol. The second kappa shape index (κ2) is 7.05. The molecule has 2 nitrogen and oxygen atoms in total. The second-order valence-corrected chi connectivity index (χ2v) is 5.58. The molecule has 1 aromatic carbocycles. The van der Waals surface area contributed by atoms with Gasteiger partial charge in [0.05, 0.1) is 18.2 Å². The van der Waals surface area contributed by atoms with E-state index in [1.165, 1.54) is 0 Å². The summed E-state index contributed by atoms with van der Waals surface area (Å²) in [6, 6.07) is 7.70. The van der Waals surface area contributed by atoms with Crippen molar-refractivity contribution in [1.82, 2.24) is 0 Å². The van der Waals surface area contributed by atoms with Gasteiger partial charge in [0, 0.05) is 6.04 Å². The first-order chi connectivity index (χ1) is 10.0. The number of nitrogens with one attached hydrogen (secondary N) is 1. The van der Waals surface area contributed by atoms with Crippen LogP contribution in [0.2, 0.25) is 0 Å². The minimum Gasteiger partial charge on any atom is -0.491 e. The lowest BCUT2D eigenvalue weighted by molar-refractivity contribution is -0.182. The summed E-state index contributed by atoms with van der Waals surface area (Å²) in [4.78, 5) is 0. The number of hydrogen-bond donors (Lipinski definition) is 1. The summed E-state index contributed by atoms with van der Waals surface area (Å²) >= 11 is 0. The third-order valence-electron chi connectivity index (χ3n) is 3.90. The van der Waals surface area contributed by atoms with Crippen molar-refractivity contribution in [3.05, 3.63) is 24.3 Å². The summed E-state index contributed by atoms with van der Waals surface area (Å²) in [6.07, 6.45) is -1.62. The van der Waals surface area contributed by atoms with Crippen LogP contribution < -0.4 is 10.1 Å². The molecule has 0 aromatic heterocycles. The van der Waals surface area contributed by atoms with Crippen LogP contribution in [0.25, 0.3) is 0 Å². The SMILES string of the molecule is CCCOc1ccccc1NC1CCC(C(F)(F)F)CC1. The largest absolute Gasteiger partial charge is 0.491 e. The quantitative estimate of drug-likeness (QED) is 0.825. The van der Waals surface area contributed by atoms with Crippen molar-refractivity contribution in [2.45, 2.75) is 51.2 Å². The van der Waals surface area contributed by atoms with Crippen LogP contribution in [0.5, 0.6) is 5.75 Å². The van der Waals surface area contributed by atoms with Gasteiger partial charge in [0.2, 0.25) is 0 Å². The first kappa shape index (κ1) is 16.0. The van der Waals surface area contributed by atoms with Crippen molar-refractivity contribution >= 4 is 5.69 Å². The first-order valence-electron chi connectivity index (χ1n) is 7.55. The van der Waals surface area contributed by atoms with Gasteiger partial charge >= 0.3 is 6.18 Å². The summed E-state index contributed by atoms with van der Waals surface area (Å²) in [5, 5.41) is 3.34. The predicted molar refractivity (Wildman–Crippen MR) is 77.7 cm³/mol. The molecule has 1 aliphatic carbocycles. The zero-order valence-corrected chi connectivity index (χ0v) is 12.2. The van der Waals surface area contributed by atoms with E-state index in [0.29, 0.717) is 19.4 Å². The molecule has 21 heavy (non-hydrogen) atoms. The molecule has 0 saturated heterocycles. The Bertz CT molecular complexity index is 439. The van der Waals surface area contributed by atoms with E-state index in [1.54, 1.807) is 0 Å². The van der Waals surface area contributed by atoms with Crippen LogP contribution in [-0.4, -0.2) is 18.8 Å². The van der Waals surface area contributed by atoms with Gasteiger partial charge < -0.3 is 10.1 Å². The molecule has 1 N–H and O–H groups in total. The van der Waals surface area contributed by atoms with E-state index >= 15 is 0 Å². The summed E-state index contributed by atoms with van der Waals surface area (Å²) in [7, 11) is 0. The van der Waals surface area contributed by atoms with E-state index < -0.39 is 12.1 Å². The Balaban J connectivity index is 1.91. The van der Waals surface area contributed by atoms with Gasteiger partial charge in [-0.05, 0) is 44.2 Å². The van der Waals surface area contributed by atoms with Crippen LogP contribution >= 0.6 is 0 Å². The van der Waals surface area contributed by atoms with Crippen molar-refractivity contribution in [1.29, 1.82) is 0 Å². The lowest BCUT2D eigenvalue weighted by atomic mass is 9.85. The number of ether oxygens (including phenoxy) is 1. The molecule has 0 unspecified atom stereocenters. The van der Waals surface area contributed by atoms with E-state index in [-0.39, 0.29) is 18.9 Å². The summed E-state index contributed by atoms with van der Waals surface area (Å²) in [5.41, 5.74) is 0.876. The lowest BCUT2D eigenvalue weighted by Gasteiger charge is -2.31. The van der Waals surface area contributed by atoms with Gasteiger partial charge in [0.25, 0.3) is 0 Å². The number of benzene rings is 1. The van der Waals surface area contributed by atoms with Gasteiger partial charge in [0.15, 0.2) is 0 Å². The standard InChI is InChI=1S/C16H22F3NO/c1-2-11-21-15-6-4-3-5-14(15)20-13-9-7-12(8-10-13)16(17,18)19/h3-6,12-13,20H,2,7-11H2,1H3. The Morgan fingerprint density at radius 1 is 1.14 bits per heavy atom. The Morgan fingerprint density at radius 3 is 2.43 bits per heavy atom. The Labute approximate surface area is 123 Å². The molecule has 0 heterocycles. The topological polar surface area (TPSA) is 21.3 Å². The van der Waals surface area contributed by atoms with Crippen LogP contribution in [-0.2, 0) is 0 Å². The van der Waals surface area contributed by atoms with Crippen LogP contribution in [0.15, 0.2) is 24.3 Å². The third-order valence-corrected chi connectivity index (χ3v) is 3.90. The average Bonchev–Trinajstić information content (AvgIpc) is 2.46. The van der Waals surface area contributed by atoms with E-state index in [9.17, 15) is 13.2 Å². The maximum absolute atomic E-state index is 12.7. The molecule has 0 bridgehead atoms. The number of alkyl halides is 3. The van der Waals surface area contributed by atoms with Gasteiger partial charge in [-0.25, -0.2) is 0 Å². The molecule has 0 atom stereocenters. The number of hydrogen-bond acceptors (Lipinski definition) is 2. The highest BCUT2D eigenvalue weighted by molar-refractivity contribution is 5.56. The molecule has 1 fully saturated rings. The smallest absolute Gasteiger partial charge is 0.391 e. The molecule has 5 heteroatoms. The monoisotopic (exact) mass is 301 g/mol. The van der Waals surface area contributed by atoms with Gasteiger partial charge in [0.1, 0.15) is 5.75 Å². The van der Waals surface area contributed by atoms with E-state index in [4.69, 9.17) is 4.74 Å². The number of anilines is 1. The Kier molecular flexibility index (Phi) is 5.37. The van der Waals surface area contributed by atoms with Crippen LogP contribution in [0.1, 0.15) is 39.0 Å². The zero-order chi connectivity index (χ0) is 15.3. The molecular weight excluding hydrogens is 279 g/mol. The van der Waals surface area contributed by atoms with E-state index in [1.807, 2.05) is 31.2 Å². The molecular formula is C16H22F3NO. The van der Waals surface area contributed by atoms with Crippen LogP contribution in [0.3, 0.4) is 0 Å². The fraction of sp³-hybridized carbons (Fsp3) is 0.625. The predicted octanol–water partition coefficient (Wildman–Crippen LogP) is 5.01. The van der Waals surface area contributed by atoms with Crippen LogP contribution in [0.4, 0.5) is 18.9 Å². The summed E-state index contributed by atoms with van der Waals surface area (Å²) in [6.45, 7) is 2.67. The molecule has 0 amide bonds. The Hall–Kier alpha value is -1.39. The normalized spacial score (nSPS) is 22.9. The van der Waals surface area contributed by atoms with E-state index in [0.717, 1.165) is 17.9 Å². The molecule has 1 saturated carbocycles. The molecule has 0 radical (unpaired) electrons. The Morgan fingerprint density at radius 2 is 1.81 bits per heavy atom. The molecule has 1 aliphatic rings. The van der Waals surface area contributed by atoms with Crippen molar-refractivity contribution in [2.24, 2.45) is 5.92 Å². The maximum Gasteiger partial charge on any atom is 0.391 e. The second-order valence-electron chi connectivity index (χ2n) is 5.58. The number of para-hydroxylation sites is 2.